The normalized spacial score (nSPS) is 17.9. The Morgan fingerprint density at radius 3 is 2.34 bits per heavy atom. The summed E-state index contributed by atoms with van der Waals surface area (Å²) in [6, 6.07) is 7.51. The highest BCUT2D eigenvalue weighted by atomic mass is 16.6. The van der Waals surface area contributed by atoms with Crippen molar-refractivity contribution in [3.05, 3.63) is 41.5 Å². The van der Waals surface area contributed by atoms with Crippen LogP contribution in [0.5, 0.6) is 5.75 Å². The zero-order valence-electron chi connectivity index (χ0n) is 31.2. The van der Waals surface area contributed by atoms with E-state index in [4.69, 9.17) is 14.2 Å². The van der Waals surface area contributed by atoms with Crippen molar-refractivity contribution in [3.8, 4) is 5.75 Å². The fourth-order valence-electron chi connectivity index (χ4n) is 6.83. The van der Waals surface area contributed by atoms with Crippen LogP contribution in [-0.4, -0.2) is 121 Å². The predicted molar refractivity (Wildman–Crippen MR) is 196 cm³/mol. The van der Waals surface area contributed by atoms with Crippen LogP contribution in [-0.2, 0) is 28.7 Å². The summed E-state index contributed by atoms with van der Waals surface area (Å²) in [5, 5.41) is 7.29. The summed E-state index contributed by atoms with van der Waals surface area (Å²) < 4.78 is 16.5. The molecule has 0 aromatic heterocycles. The highest BCUT2D eigenvalue weighted by molar-refractivity contribution is 6.03. The lowest BCUT2D eigenvalue weighted by Gasteiger charge is -2.36. The zero-order valence-corrected chi connectivity index (χ0v) is 31.2. The number of unbranched alkanes of at least 4 members (excludes halogenated alkanes) is 1. The molecule has 2 aromatic carbocycles. The van der Waals surface area contributed by atoms with Crippen molar-refractivity contribution in [3.63, 3.8) is 0 Å². The van der Waals surface area contributed by atoms with Gasteiger partial charge in [0.05, 0.1) is 13.2 Å². The summed E-state index contributed by atoms with van der Waals surface area (Å²) in [6.45, 7) is 7.35. The maximum absolute atomic E-state index is 13.9. The number of carbonyl (C=O) groups excluding carboxylic acids is 6. The topological polar surface area (TPSA) is 164 Å². The molecule has 0 spiro atoms. The summed E-state index contributed by atoms with van der Waals surface area (Å²) in [6.07, 6.45) is 5.52. The first-order valence-corrected chi connectivity index (χ1v) is 19.0. The predicted octanol–water partition coefficient (Wildman–Crippen LogP) is 3.71. The molecule has 0 radical (unpaired) electrons. The van der Waals surface area contributed by atoms with Gasteiger partial charge in [0, 0.05) is 56.1 Å². The van der Waals surface area contributed by atoms with E-state index < -0.39 is 30.1 Å². The van der Waals surface area contributed by atoms with Gasteiger partial charge in [-0.3, -0.25) is 24.0 Å². The minimum atomic E-state index is -1.05. The lowest BCUT2D eigenvalue weighted by molar-refractivity contribution is -0.143. The van der Waals surface area contributed by atoms with E-state index in [-0.39, 0.29) is 81.6 Å². The number of esters is 1. The van der Waals surface area contributed by atoms with Gasteiger partial charge in [0.25, 0.3) is 11.8 Å². The molecule has 2 N–H and O–H groups in total. The Hall–Kier alpha value is -4.88. The number of nitrogens with zero attached hydrogens (tertiary/aromatic N) is 3. The first-order valence-electron chi connectivity index (χ1n) is 19.0. The van der Waals surface area contributed by atoms with E-state index in [1.165, 1.54) is 0 Å². The number of piperazine rings is 1. The van der Waals surface area contributed by atoms with Crippen LogP contribution in [0.1, 0.15) is 87.6 Å². The van der Waals surface area contributed by atoms with Crippen molar-refractivity contribution in [1.82, 2.24) is 25.3 Å². The van der Waals surface area contributed by atoms with Gasteiger partial charge in [-0.15, -0.1) is 0 Å². The van der Waals surface area contributed by atoms with E-state index in [2.05, 4.69) is 10.6 Å². The van der Waals surface area contributed by atoms with Gasteiger partial charge < -0.3 is 39.5 Å². The van der Waals surface area contributed by atoms with Crippen molar-refractivity contribution in [2.75, 3.05) is 52.5 Å². The van der Waals surface area contributed by atoms with Crippen LogP contribution in [0.4, 0.5) is 4.79 Å². The molecule has 14 nitrogen and oxygen atoms in total. The minimum absolute atomic E-state index is 0.0125. The number of carbonyl (C=O) groups is 6. The average molecular weight is 736 g/mol. The Balaban J connectivity index is 1.28. The number of likely N-dealkylation sites (tertiary alicyclic amines) is 1. The van der Waals surface area contributed by atoms with E-state index in [0.717, 1.165) is 44.1 Å². The molecular weight excluding hydrogens is 682 g/mol. The molecule has 5 rings (SSSR count). The maximum Gasteiger partial charge on any atom is 0.409 e. The van der Waals surface area contributed by atoms with E-state index in [0.29, 0.717) is 36.1 Å². The van der Waals surface area contributed by atoms with E-state index in [9.17, 15) is 28.8 Å². The molecule has 2 heterocycles. The molecule has 1 saturated carbocycles. The smallest absolute Gasteiger partial charge is 0.409 e. The third kappa shape index (κ3) is 10.4. The number of nitrogens with one attached hydrogen (secondary N) is 2. The van der Waals surface area contributed by atoms with Crippen LogP contribution < -0.4 is 15.4 Å². The fraction of sp³-hybridized carbons (Fsp3) is 0.590. The van der Waals surface area contributed by atoms with Gasteiger partial charge in [-0.05, 0) is 76.3 Å². The molecule has 2 aliphatic heterocycles. The quantitative estimate of drug-likeness (QED) is 0.205. The van der Waals surface area contributed by atoms with Crippen LogP contribution in [0.25, 0.3) is 10.8 Å². The molecule has 53 heavy (non-hydrogen) atoms. The van der Waals surface area contributed by atoms with Crippen molar-refractivity contribution < 1.29 is 43.0 Å². The van der Waals surface area contributed by atoms with E-state index in [1.54, 1.807) is 33.8 Å². The molecule has 2 saturated heterocycles. The van der Waals surface area contributed by atoms with Crippen LogP contribution in [0.2, 0.25) is 0 Å². The van der Waals surface area contributed by atoms with E-state index >= 15 is 0 Å². The molecule has 0 bridgehead atoms. The number of aryl methyl sites for hydroxylation is 1. The Labute approximate surface area is 310 Å². The summed E-state index contributed by atoms with van der Waals surface area (Å²) in [5.41, 5.74) is 1.16. The number of ether oxygens (including phenoxy) is 3. The van der Waals surface area contributed by atoms with Crippen LogP contribution in [0.3, 0.4) is 0 Å². The minimum Gasteiger partial charge on any atom is -0.483 e. The standard InChI is InChI=1S/C39H53N5O9/c1-4-6-21-52-39(50)43-19-17-42(18-20-43)38(49)31(14-15-35(46)51-5-2)41-36(47)28-23-27-22-26(3)12-13-30(27)33(24-28)53-25-34(45)44-16-8-11-32(44)37(48)40-29-9-7-10-29/h12-13,22-24,29,31-32H,4-11,14-21,25H2,1-3H3,(H,40,48)(H,41,47)/t31-,32-/m0/s1. The van der Waals surface area contributed by atoms with Crippen molar-refractivity contribution in [2.24, 2.45) is 0 Å². The number of hydrogen-bond acceptors (Lipinski definition) is 9. The second-order valence-corrected chi connectivity index (χ2v) is 14.0. The molecule has 14 heteroatoms. The Kier molecular flexibility index (Phi) is 13.9. The van der Waals surface area contributed by atoms with Crippen LogP contribution in [0, 0.1) is 6.92 Å². The SMILES string of the molecule is CCCCOC(=O)N1CCN(C(=O)[C@H](CCC(=O)OCC)NC(=O)c2cc(OCC(=O)N3CCC[C@H]3C(=O)NC3CCC3)c3ccc(C)cc3c2)CC1. The number of amides is 5. The van der Waals surface area contributed by atoms with Crippen molar-refractivity contribution in [2.45, 2.75) is 96.7 Å². The first kappa shape index (κ1) is 39.3. The summed E-state index contributed by atoms with van der Waals surface area (Å²) in [7, 11) is 0. The second kappa shape index (κ2) is 18.7. The molecule has 3 aliphatic rings. The molecule has 1 aliphatic carbocycles. The van der Waals surface area contributed by atoms with Gasteiger partial charge in [-0.2, -0.15) is 0 Å². The number of hydrogen-bond donors (Lipinski definition) is 2. The second-order valence-electron chi connectivity index (χ2n) is 14.0. The lowest BCUT2D eigenvalue weighted by atomic mass is 9.93. The number of fused-ring (bicyclic) bond motifs is 1. The van der Waals surface area contributed by atoms with Crippen LogP contribution >= 0.6 is 0 Å². The van der Waals surface area contributed by atoms with Crippen molar-refractivity contribution in [1.29, 1.82) is 0 Å². The van der Waals surface area contributed by atoms with Gasteiger partial charge in [0.2, 0.25) is 11.8 Å². The summed E-state index contributed by atoms with van der Waals surface area (Å²) in [4.78, 5) is 83.5. The molecule has 5 amide bonds. The van der Waals surface area contributed by atoms with Gasteiger partial charge in [0.15, 0.2) is 6.61 Å². The molecule has 0 unspecified atom stereocenters. The van der Waals surface area contributed by atoms with Crippen molar-refractivity contribution >= 4 is 46.5 Å². The zero-order chi connectivity index (χ0) is 37.9. The van der Waals surface area contributed by atoms with Gasteiger partial charge in [-0.1, -0.05) is 37.1 Å². The van der Waals surface area contributed by atoms with Gasteiger partial charge in [-0.25, -0.2) is 4.79 Å². The average Bonchev–Trinajstić information content (AvgIpc) is 3.64. The highest BCUT2D eigenvalue weighted by Crippen LogP contribution is 2.30. The molecule has 288 valence electrons. The summed E-state index contributed by atoms with van der Waals surface area (Å²) >= 11 is 0. The van der Waals surface area contributed by atoms with Crippen LogP contribution in [0.15, 0.2) is 30.3 Å². The monoisotopic (exact) mass is 735 g/mol. The first-order chi connectivity index (χ1) is 25.6. The number of rotatable bonds is 15. The maximum atomic E-state index is 13.9. The Morgan fingerprint density at radius 1 is 0.887 bits per heavy atom. The molecule has 3 fully saturated rings. The van der Waals surface area contributed by atoms with Gasteiger partial charge >= 0.3 is 12.1 Å². The number of benzene rings is 2. The van der Waals surface area contributed by atoms with Gasteiger partial charge in [0.1, 0.15) is 17.8 Å². The largest absolute Gasteiger partial charge is 0.483 e. The molecular formula is C39H53N5O9. The highest BCUT2D eigenvalue weighted by Gasteiger charge is 2.36. The Bertz CT molecular complexity index is 1650. The third-order valence-electron chi connectivity index (χ3n) is 10.1. The molecule has 2 aromatic rings. The fourth-order valence-corrected chi connectivity index (χ4v) is 6.83. The summed E-state index contributed by atoms with van der Waals surface area (Å²) in [5.74, 6) is -1.54. The van der Waals surface area contributed by atoms with E-state index in [1.807, 2.05) is 32.0 Å². The third-order valence-corrected chi connectivity index (χ3v) is 10.1. The lowest BCUT2D eigenvalue weighted by Crippen LogP contribution is -2.56. The molecule has 2 atom stereocenters. The Morgan fingerprint density at radius 2 is 1.64 bits per heavy atom.